The number of halogens is 2. The summed E-state index contributed by atoms with van der Waals surface area (Å²) < 4.78 is 58.3. The highest BCUT2D eigenvalue weighted by Gasteiger charge is 2.43. The Kier molecular flexibility index (Phi) is 8.35. The van der Waals surface area contributed by atoms with Gasteiger partial charge in [-0.2, -0.15) is 13.1 Å². The lowest BCUT2D eigenvalue weighted by Crippen LogP contribution is -2.65. The number of hydrogen-bond donors (Lipinski definition) is 1. The Morgan fingerprint density at radius 1 is 1.08 bits per heavy atom. The third kappa shape index (κ3) is 6.58. The molecule has 0 unspecified atom stereocenters. The summed E-state index contributed by atoms with van der Waals surface area (Å²) >= 11 is 0. The van der Waals surface area contributed by atoms with E-state index in [2.05, 4.69) is 10.1 Å². The number of ether oxygens (including phenoxy) is 1. The number of nitrogens with zero attached hydrogens (tertiary/aromatic N) is 2. The zero-order valence-corrected chi connectivity index (χ0v) is 21.5. The molecule has 0 aliphatic carbocycles. The van der Waals surface area contributed by atoms with Crippen LogP contribution >= 0.6 is 0 Å². The first-order valence-corrected chi connectivity index (χ1v) is 13.0. The van der Waals surface area contributed by atoms with E-state index in [9.17, 15) is 26.8 Å². The lowest BCUT2D eigenvalue weighted by atomic mass is 10.0. The molecule has 2 aromatic rings. The Bertz CT molecular complexity index is 1170. The first-order chi connectivity index (χ1) is 16.8. The first-order valence-electron chi connectivity index (χ1n) is 11.6. The van der Waals surface area contributed by atoms with Crippen molar-refractivity contribution in [2.24, 2.45) is 5.92 Å². The lowest BCUT2D eigenvalue weighted by Gasteiger charge is -2.44. The molecule has 0 spiro atoms. The molecule has 1 heterocycles. The minimum absolute atomic E-state index is 0.0193. The SMILES string of the molecule is CC(C)C(=O)N1[C@@H](C)CN(S(=O)(=O)c2ccccc2)C[C@H]1C(=O)NCc1ccc(OC(C)(F)F)cc1. The van der Waals surface area contributed by atoms with Crippen LogP contribution in [0.4, 0.5) is 8.78 Å². The first kappa shape index (κ1) is 27.5. The minimum atomic E-state index is -3.88. The molecule has 1 aliphatic rings. The van der Waals surface area contributed by atoms with Gasteiger partial charge in [-0.25, -0.2) is 8.42 Å². The zero-order valence-electron chi connectivity index (χ0n) is 20.6. The quantitative estimate of drug-likeness (QED) is 0.573. The van der Waals surface area contributed by atoms with Crippen molar-refractivity contribution in [1.29, 1.82) is 0 Å². The van der Waals surface area contributed by atoms with Gasteiger partial charge >= 0.3 is 6.11 Å². The molecular formula is C25H31F2N3O5S. The maximum absolute atomic E-state index is 13.3. The highest BCUT2D eigenvalue weighted by molar-refractivity contribution is 7.89. The Balaban J connectivity index is 1.79. The number of carbonyl (C=O) groups excluding carboxylic acids is 2. The second-order valence-electron chi connectivity index (χ2n) is 9.17. The van der Waals surface area contributed by atoms with Crippen molar-refractivity contribution in [3.63, 3.8) is 0 Å². The van der Waals surface area contributed by atoms with Crippen molar-refractivity contribution in [3.8, 4) is 5.75 Å². The summed E-state index contributed by atoms with van der Waals surface area (Å²) in [5.74, 6) is -1.16. The van der Waals surface area contributed by atoms with Gasteiger partial charge in [0.15, 0.2) is 0 Å². The van der Waals surface area contributed by atoms with Crippen LogP contribution in [0.1, 0.15) is 33.3 Å². The number of hydrogen-bond acceptors (Lipinski definition) is 5. The molecular weight excluding hydrogens is 492 g/mol. The van der Waals surface area contributed by atoms with Crippen molar-refractivity contribution in [2.45, 2.75) is 57.3 Å². The predicted molar refractivity (Wildman–Crippen MR) is 130 cm³/mol. The van der Waals surface area contributed by atoms with E-state index in [1.165, 1.54) is 45.6 Å². The third-order valence-electron chi connectivity index (χ3n) is 5.77. The van der Waals surface area contributed by atoms with E-state index in [-0.39, 0.29) is 42.1 Å². The summed E-state index contributed by atoms with van der Waals surface area (Å²) in [7, 11) is -3.88. The summed E-state index contributed by atoms with van der Waals surface area (Å²) in [5.41, 5.74) is 0.620. The molecule has 1 N–H and O–H groups in total. The van der Waals surface area contributed by atoms with Crippen molar-refractivity contribution in [1.82, 2.24) is 14.5 Å². The van der Waals surface area contributed by atoms with Crippen LogP contribution in [0, 0.1) is 5.92 Å². The summed E-state index contributed by atoms with van der Waals surface area (Å²) in [5, 5.41) is 2.75. The molecule has 2 atom stereocenters. The van der Waals surface area contributed by atoms with Gasteiger partial charge < -0.3 is 15.0 Å². The topological polar surface area (TPSA) is 96.0 Å². The van der Waals surface area contributed by atoms with Crippen LogP contribution < -0.4 is 10.1 Å². The average molecular weight is 524 g/mol. The van der Waals surface area contributed by atoms with Gasteiger partial charge in [-0.1, -0.05) is 44.2 Å². The van der Waals surface area contributed by atoms with Crippen LogP contribution in [0.5, 0.6) is 5.75 Å². The van der Waals surface area contributed by atoms with Crippen molar-refractivity contribution in [2.75, 3.05) is 13.1 Å². The predicted octanol–water partition coefficient (Wildman–Crippen LogP) is 3.24. The highest BCUT2D eigenvalue weighted by atomic mass is 32.2. The molecule has 1 saturated heterocycles. The number of piperazine rings is 1. The number of amides is 2. The van der Waals surface area contributed by atoms with E-state index in [1.807, 2.05) is 0 Å². The van der Waals surface area contributed by atoms with Gasteiger partial charge in [0.05, 0.1) is 4.90 Å². The largest absolute Gasteiger partial charge is 0.433 e. The van der Waals surface area contributed by atoms with Crippen molar-refractivity contribution < 1.29 is 31.5 Å². The van der Waals surface area contributed by atoms with E-state index in [4.69, 9.17) is 0 Å². The van der Waals surface area contributed by atoms with Gasteiger partial charge in [0.1, 0.15) is 11.8 Å². The average Bonchev–Trinajstić information content (AvgIpc) is 2.82. The number of nitrogens with one attached hydrogen (secondary N) is 1. The Hall–Kier alpha value is -3.05. The van der Waals surface area contributed by atoms with Gasteiger partial charge in [0, 0.05) is 38.5 Å². The molecule has 0 bridgehead atoms. The van der Waals surface area contributed by atoms with Gasteiger partial charge in [-0.05, 0) is 36.8 Å². The van der Waals surface area contributed by atoms with Gasteiger partial charge in [0.25, 0.3) is 0 Å². The maximum atomic E-state index is 13.3. The Labute approximate surface area is 210 Å². The normalized spacial score (nSPS) is 19.2. The summed E-state index contributed by atoms with van der Waals surface area (Å²) in [6.45, 7) is 5.73. The zero-order chi connectivity index (χ0) is 26.7. The lowest BCUT2D eigenvalue weighted by molar-refractivity contribution is -0.159. The summed E-state index contributed by atoms with van der Waals surface area (Å²) in [4.78, 5) is 27.8. The molecule has 11 heteroatoms. The van der Waals surface area contributed by atoms with Crippen molar-refractivity contribution >= 4 is 21.8 Å². The van der Waals surface area contributed by atoms with Crippen LogP contribution in [-0.4, -0.2) is 60.7 Å². The number of carbonyl (C=O) groups is 2. The molecule has 0 radical (unpaired) electrons. The maximum Gasteiger partial charge on any atom is 0.394 e. The van der Waals surface area contributed by atoms with Gasteiger partial charge in [-0.15, -0.1) is 0 Å². The molecule has 8 nitrogen and oxygen atoms in total. The standard InChI is InChI=1S/C25H31F2N3O5S/c1-17(2)24(32)30-18(3)15-29(36(33,34)21-8-6-5-7-9-21)16-22(30)23(31)28-14-19-10-12-20(13-11-19)35-25(4,26)27/h5-13,17-18,22H,14-16H2,1-4H3,(H,28,31)/t18-,22-/m0/s1. The Morgan fingerprint density at radius 2 is 1.69 bits per heavy atom. The van der Waals surface area contributed by atoms with Crippen LogP contribution in [-0.2, 0) is 26.2 Å². The highest BCUT2D eigenvalue weighted by Crippen LogP contribution is 2.25. The second-order valence-corrected chi connectivity index (χ2v) is 11.1. The number of rotatable bonds is 8. The van der Waals surface area contributed by atoms with Crippen LogP contribution in [0.3, 0.4) is 0 Å². The molecule has 2 amide bonds. The number of alkyl halides is 2. The van der Waals surface area contributed by atoms with Gasteiger partial charge in [-0.3, -0.25) is 9.59 Å². The molecule has 1 aliphatic heterocycles. The molecule has 1 fully saturated rings. The van der Waals surface area contributed by atoms with Gasteiger partial charge in [0.2, 0.25) is 21.8 Å². The van der Waals surface area contributed by atoms with E-state index in [0.717, 1.165) is 0 Å². The van der Waals surface area contributed by atoms with E-state index >= 15 is 0 Å². The smallest absolute Gasteiger partial charge is 0.394 e. The monoisotopic (exact) mass is 523 g/mol. The van der Waals surface area contributed by atoms with Crippen LogP contribution in [0.25, 0.3) is 0 Å². The molecule has 2 aromatic carbocycles. The fourth-order valence-corrected chi connectivity index (χ4v) is 5.60. The number of sulfonamides is 1. The van der Waals surface area contributed by atoms with E-state index in [1.54, 1.807) is 39.0 Å². The summed E-state index contributed by atoms with van der Waals surface area (Å²) in [6, 6.07) is 12.2. The molecule has 196 valence electrons. The molecule has 0 aromatic heterocycles. The second kappa shape index (κ2) is 10.9. The Morgan fingerprint density at radius 3 is 2.25 bits per heavy atom. The minimum Gasteiger partial charge on any atom is -0.433 e. The fraction of sp³-hybridized carbons (Fsp3) is 0.440. The fourth-order valence-electron chi connectivity index (χ4n) is 4.05. The third-order valence-corrected chi connectivity index (χ3v) is 7.62. The molecule has 3 rings (SSSR count). The van der Waals surface area contributed by atoms with Crippen molar-refractivity contribution in [3.05, 3.63) is 60.2 Å². The summed E-state index contributed by atoms with van der Waals surface area (Å²) in [6.07, 6.45) is -3.31. The van der Waals surface area contributed by atoms with Crippen LogP contribution in [0.2, 0.25) is 0 Å². The van der Waals surface area contributed by atoms with Crippen LogP contribution in [0.15, 0.2) is 59.5 Å². The molecule has 36 heavy (non-hydrogen) atoms. The molecule has 0 saturated carbocycles. The van der Waals surface area contributed by atoms with E-state index in [0.29, 0.717) is 12.5 Å². The van der Waals surface area contributed by atoms with E-state index < -0.39 is 34.1 Å². The number of benzene rings is 2.